The zero-order valence-electron chi connectivity index (χ0n) is 19.9. The molecule has 2 atom stereocenters. The normalized spacial score (nSPS) is 23.2. The van der Waals surface area contributed by atoms with Crippen LogP contribution in [-0.4, -0.2) is 97.1 Å². The Morgan fingerprint density at radius 2 is 1.91 bits per heavy atom. The molecule has 0 radical (unpaired) electrons. The van der Waals surface area contributed by atoms with Crippen molar-refractivity contribution in [1.82, 2.24) is 24.8 Å². The summed E-state index contributed by atoms with van der Waals surface area (Å²) in [6.07, 6.45) is 6.91. The number of thiazole rings is 1. The third-order valence-electron chi connectivity index (χ3n) is 6.30. The van der Waals surface area contributed by atoms with Gasteiger partial charge >= 0.3 is 0 Å². The van der Waals surface area contributed by atoms with Crippen molar-refractivity contribution in [3.05, 3.63) is 34.8 Å². The number of hydrogen-bond acceptors (Lipinski definition) is 9. The zero-order valence-corrected chi connectivity index (χ0v) is 20.7. The number of aliphatic hydroxyl groups is 1. The first-order chi connectivity index (χ1) is 16.7. The number of ether oxygens (including phenoxy) is 1. The van der Waals surface area contributed by atoms with Crippen molar-refractivity contribution in [3.8, 4) is 0 Å². The first-order valence-corrected chi connectivity index (χ1v) is 12.0. The number of aromatic nitrogens is 3. The third-order valence-corrected chi connectivity index (χ3v) is 7.07. The molecule has 1 spiro atoms. The van der Waals surface area contributed by atoms with E-state index in [-0.39, 0.29) is 18.9 Å². The SMILES string of the molecule is Cc1nc(C(=O)N[C@]2(C)CCOC3(CCN(CCn4ccnc4)CC3)[C@H]2O)cs1.O=CO.O=CO. The number of carbonyl (C=O) groups excluding carboxylic acids is 1. The van der Waals surface area contributed by atoms with E-state index in [9.17, 15) is 9.90 Å². The minimum Gasteiger partial charge on any atom is -0.483 e. The van der Waals surface area contributed by atoms with Gasteiger partial charge in [-0.2, -0.15) is 0 Å². The van der Waals surface area contributed by atoms with Gasteiger partial charge in [0.15, 0.2) is 0 Å². The number of rotatable bonds is 5. The quantitative estimate of drug-likeness (QED) is 0.423. The van der Waals surface area contributed by atoms with Gasteiger partial charge in [-0.15, -0.1) is 11.3 Å². The predicted octanol–water partition coefficient (Wildman–Crippen LogP) is 0.854. The molecule has 194 valence electrons. The summed E-state index contributed by atoms with van der Waals surface area (Å²) in [5.74, 6) is -0.231. The Labute approximate surface area is 207 Å². The Kier molecular flexibility index (Phi) is 10.8. The van der Waals surface area contributed by atoms with Crippen LogP contribution in [0.4, 0.5) is 0 Å². The van der Waals surface area contributed by atoms with Crippen molar-refractivity contribution in [2.24, 2.45) is 0 Å². The smallest absolute Gasteiger partial charge is 0.290 e. The molecule has 2 aliphatic rings. The van der Waals surface area contributed by atoms with E-state index < -0.39 is 17.2 Å². The lowest BCUT2D eigenvalue weighted by Crippen LogP contribution is -2.69. The summed E-state index contributed by atoms with van der Waals surface area (Å²) in [7, 11) is 0. The van der Waals surface area contributed by atoms with Crippen molar-refractivity contribution < 1.29 is 34.4 Å². The highest BCUT2D eigenvalue weighted by Gasteiger charge is 2.53. The first kappa shape index (κ1) is 28.4. The van der Waals surface area contributed by atoms with E-state index >= 15 is 0 Å². The van der Waals surface area contributed by atoms with Crippen LogP contribution in [0.5, 0.6) is 0 Å². The van der Waals surface area contributed by atoms with Crippen LogP contribution in [0.25, 0.3) is 0 Å². The first-order valence-electron chi connectivity index (χ1n) is 11.1. The lowest BCUT2D eigenvalue weighted by molar-refractivity contribution is -0.205. The van der Waals surface area contributed by atoms with Gasteiger partial charge in [-0.25, -0.2) is 9.97 Å². The van der Waals surface area contributed by atoms with Crippen LogP contribution in [0.3, 0.4) is 0 Å². The highest BCUT2D eigenvalue weighted by molar-refractivity contribution is 7.09. The second-order valence-corrected chi connectivity index (χ2v) is 9.60. The number of nitrogens with one attached hydrogen (secondary N) is 1. The van der Waals surface area contributed by atoms with Gasteiger partial charge in [-0.3, -0.25) is 14.4 Å². The number of carboxylic acid groups (broad SMARTS) is 2. The van der Waals surface area contributed by atoms with Crippen molar-refractivity contribution in [2.45, 2.75) is 56.9 Å². The Hall–Kier alpha value is -2.87. The monoisotopic (exact) mass is 511 g/mol. The topological polar surface area (TPSA) is 167 Å². The maximum absolute atomic E-state index is 12.7. The average molecular weight is 512 g/mol. The molecule has 0 bridgehead atoms. The fourth-order valence-corrected chi connectivity index (χ4v) is 5.03. The van der Waals surface area contributed by atoms with Crippen LogP contribution in [0.1, 0.15) is 41.7 Å². The summed E-state index contributed by atoms with van der Waals surface area (Å²) in [5, 5.41) is 30.7. The Balaban J connectivity index is 0.000000655. The molecule has 2 aliphatic heterocycles. The summed E-state index contributed by atoms with van der Waals surface area (Å²) >= 11 is 1.45. The van der Waals surface area contributed by atoms with Crippen LogP contribution in [0, 0.1) is 6.92 Å². The molecule has 4 N–H and O–H groups in total. The average Bonchev–Trinajstić information content (AvgIpc) is 3.50. The number of aryl methyl sites for hydroxylation is 1. The van der Waals surface area contributed by atoms with Crippen LogP contribution >= 0.6 is 11.3 Å². The lowest BCUT2D eigenvalue weighted by atomic mass is 9.73. The van der Waals surface area contributed by atoms with Crippen molar-refractivity contribution in [3.63, 3.8) is 0 Å². The maximum Gasteiger partial charge on any atom is 0.290 e. The van der Waals surface area contributed by atoms with Crippen LogP contribution in [0.15, 0.2) is 24.1 Å². The van der Waals surface area contributed by atoms with E-state index in [0.29, 0.717) is 18.7 Å². The molecule has 0 saturated carbocycles. The number of carbonyl (C=O) groups is 3. The molecular weight excluding hydrogens is 478 g/mol. The van der Waals surface area contributed by atoms with Gasteiger partial charge in [0, 0.05) is 50.6 Å². The molecule has 0 aromatic carbocycles. The van der Waals surface area contributed by atoms with E-state index in [1.165, 1.54) is 11.3 Å². The van der Waals surface area contributed by atoms with E-state index in [0.717, 1.165) is 44.0 Å². The van der Waals surface area contributed by atoms with E-state index in [4.69, 9.17) is 24.5 Å². The highest BCUT2D eigenvalue weighted by atomic mass is 32.1. The van der Waals surface area contributed by atoms with Gasteiger partial charge < -0.3 is 34.8 Å². The number of likely N-dealkylation sites (tertiary alicyclic amines) is 1. The molecule has 4 heterocycles. The number of hydrogen-bond donors (Lipinski definition) is 4. The highest BCUT2D eigenvalue weighted by Crippen LogP contribution is 2.40. The van der Waals surface area contributed by atoms with Gasteiger partial charge in [-0.05, 0) is 33.1 Å². The molecular formula is C22H33N5O7S. The van der Waals surface area contributed by atoms with Gasteiger partial charge in [0.25, 0.3) is 18.9 Å². The number of imidazole rings is 1. The molecule has 35 heavy (non-hydrogen) atoms. The minimum atomic E-state index is -0.761. The zero-order chi connectivity index (χ0) is 25.9. The summed E-state index contributed by atoms with van der Waals surface area (Å²) in [6.45, 7) is 7.39. The molecule has 2 fully saturated rings. The Morgan fingerprint density at radius 3 is 2.46 bits per heavy atom. The lowest BCUT2D eigenvalue weighted by Gasteiger charge is -2.53. The van der Waals surface area contributed by atoms with E-state index in [1.807, 2.05) is 26.4 Å². The van der Waals surface area contributed by atoms with Gasteiger partial charge in [0.1, 0.15) is 11.8 Å². The molecule has 13 heteroatoms. The van der Waals surface area contributed by atoms with Crippen molar-refractivity contribution >= 4 is 30.2 Å². The molecule has 4 rings (SSSR count). The van der Waals surface area contributed by atoms with Crippen molar-refractivity contribution in [2.75, 3.05) is 26.2 Å². The summed E-state index contributed by atoms with van der Waals surface area (Å²) in [6, 6.07) is 0. The van der Waals surface area contributed by atoms with Crippen molar-refractivity contribution in [1.29, 1.82) is 0 Å². The fourth-order valence-electron chi connectivity index (χ4n) is 4.43. The standard InChI is InChI=1S/C20H29N5O3S.2CH2O2/c1-15-22-16(13-29-15)17(26)23-19(2)5-12-28-20(18(19)27)3-7-24(8-4-20)10-11-25-9-6-21-14-25;2*2-1-3/h6,9,13-14,18,27H,3-5,7-8,10-12H2,1-2H3,(H,23,26);2*1H,(H,2,3)/t18-,19+;;/m0../s1. The second-order valence-electron chi connectivity index (χ2n) is 8.54. The molecule has 2 aromatic rings. The van der Waals surface area contributed by atoms with E-state index in [2.05, 4.69) is 24.8 Å². The summed E-state index contributed by atoms with van der Waals surface area (Å²) in [5.41, 5.74) is -0.925. The predicted molar refractivity (Wildman–Crippen MR) is 127 cm³/mol. The van der Waals surface area contributed by atoms with Gasteiger partial charge in [0.2, 0.25) is 0 Å². The third kappa shape index (κ3) is 7.56. The Bertz CT molecular complexity index is 925. The number of nitrogens with zero attached hydrogens (tertiary/aromatic N) is 4. The summed E-state index contributed by atoms with van der Waals surface area (Å²) < 4.78 is 8.22. The minimum absolute atomic E-state index is 0.231. The Morgan fingerprint density at radius 1 is 1.26 bits per heavy atom. The molecule has 2 saturated heterocycles. The van der Waals surface area contributed by atoms with Gasteiger partial charge in [0.05, 0.1) is 22.5 Å². The van der Waals surface area contributed by atoms with Gasteiger partial charge in [-0.1, -0.05) is 0 Å². The van der Waals surface area contributed by atoms with Crippen LogP contribution in [0.2, 0.25) is 0 Å². The largest absolute Gasteiger partial charge is 0.483 e. The van der Waals surface area contributed by atoms with Crippen LogP contribution in [-0.2, 0) is 20.9 Å². The molecule has 1 amide bonds. The maximum atomic E-state index is 12.7. The van der Waals surface area contributed by atoms with Crippen LogP contribution < -0.4 is 5.32 Å². The number of piperidine rings is 1. The number of aliphatic hydroxyl groups excluding tert-OH is 1. The van der Waals surface area contributed by atoms with E-state index in [1.54, 1.807) is 11.6 Å². The molecule has 0 aliphatic carbocycles. The second kappa shape index (κ2) is 13.3. The molecule has 12 nitrogen and oxygen atoms in total. The molecule has 0 unspecified atom stereocenters. The molecule has 2 aromatic heterocycles. The number of amides is 1. The summed E-state index contributed by atoms with van der Waals surface area (Å²) in [4.78, 5) is 40.1. The fraction of sp³-hybridized carbons (Fsp3) is 0.591.